The molecular formula is C17H23NO. The van der Waals surface area contributed by atoms with Crippen LogP contribution in [0, 0.1) is 5.41 Å². The largest absolute Gasteiger partial charge is 0.493 e. The number of allylic oxidation sites excluding steroid dienone is 1. The van der Waals surface area contributed by atoms with Crippen LogP contribution >= 0.6 is 0 Å². The van der Waals surface area contributed by atoms with Crippen LogP contribution in [-0.2, 0) is 6.42 Å². The summed E-state index contributed by atoms with van der Waals surface area (Å²) in [6, 6.07) is 6.85. The maximum absolute atomic E-state index is 6.04. The van der Waals surface area contributed by atoms with Crippen molar-refractivity contribution in [3.05, 3.63) is 35.4 Å². The third kappa shape index (κ3) is 2.42. The first-order valence-corrected chi connectivity index (χ1v) is 7.42. The number of nitrogens with two attached hydrogens (primary N) is 1. The normalized spacial score (nSPS) is 29.3. The van der Waals surface area contributed by atoms with Gasteiger partial charge >= 0.3 is 0 Å². The molecule has 2 nitrogen and oxygen atoms in total. The SMILES string of the molecule is CCOc1cccc2c1C=CC1(CCC(N)CC1)C2. The summed E-state index contributed by atoms with van der Waals surface area (Å²) in [6.07, 6.45) is 10.6. The molecule has 0 amide bonds. The first kappa shape index (κ1) is 12.7. The van der Waals surface area contributed by atoms with Crippen molar-refractivity contribution in [1.29, 1.82) is 0 Å². The first-order chi connectivity index (χ1) is 9.22. The Morgan fingerprint density at radius 1 is 1.32 bits per heavy atom. The van der Waals surface area contributed by atoms with Crippen LogP contribution < -0.4 is 10.5 Å². The molecule has 0 atom stereocenters. The molecule has 0 aliphatic heterocycles. The molecule has 0 unspecified atom stereocenters. The van der Waals surface area contributed by atoms with Gasteiger partial charge in [-0.2, -0.15) is 0 Å². The van der Waals surface area contributed by atoms with Crippen molar-refractivity contribution in [3.63, 3.8) is 0 Å². The van der Waals surface area contributed by atoms with Crippen LogP contribution in [0.4, 0.5) is 0 Å². The monoisotopic (exact) mass is 257 g/mol. The number of benzene rings is 1. The molecule has 2 aliphatic rings. The Morgan fingerprint density at radius 3 is 2.84 bits per heavy atom. The van der Waals surface area contributed by atoms with Crippen molar-refractivity contribution in [1.82, 2.24) is 0 Å². The van der Waals surface area contributed by atoms with E-state index < -0.39 is 0 Å². The fourth-order valence-corrected chi connectivity index (χ4v) is 3.47. The van der Waals surface area contributed by atoms with Gasteiger partial charge < -0.3 is 10.5 Å². The molecule has 1 saturated carbocycles. The predicted molar refractivity (Wildman–Crippen MR) is 79.2 cm³/mol. The average Bonchev–Trinajstić information content (AvgIpc) is 2.43. The molecule has 3 rings (SSSR count). The lowest BCUT2D eigenvalue weighted by molar-refractivity contribution is 0.234. The van der Waals surface area contributed by atoms with Gasteiger partial charge in [-0.3, -0.25) is 0 Å². The molecule has 2 N–H and O–H groups in total. The minimum atomic E-state index is 0.355. The van der Waals surface area contributed by atoms with Gasteiger partial charge in [0.2, 0.25) is 0 Å². The van der Waals surface area contributed by atoms with Crippen LogP contribution in [0.2, 0.25) is 0 Å². The topological polar surface area (TPSA) is 35.2 Å². The summed E-state index contributed by atoms with van der Waals surface area (Å²) < 4.78 is 5.73. The maximum Gasteiger partial charge on any atom is 0.126 e. The lowest BCUT2D eigenvalue weighted by Gasteiger charge is -2.39. The third-order valence-electron chi connectivity index (χ3n) is 4.63. The second-order valence-corrected chi connectivity index (χ2v) is 5.97. The van der Waals surface area contributed by atoms with Gasteiger partial charge in [-0.15, -0.1) is 0 Å². The van der Waals surface area contributed by atoms with Crippen molar-refractivity contribution in [2.24, 2.45) is 11.1 Å². The van der Waals surface area contributed by atoms with E-state index in [9.17, 15) is 0 Å². The summed E-state index contributed by atoms with van der Waals surface area (Å²) >= 11 is 0. The highest BCUT2D eigenvalue weighted by atomic mass is 16.5. The molecule has 0 radical (unpaired) electrons. The minimum absolute atomic E-state index is 0.355. The predicted octanol–water partition coefficient (Wildman–Crippen LogP) is 3.54. The zero-order chi connectivity index (χ0) is 13.3. The molecule has 1 aromatic rings. The second-order valence-electron chi connectivity index (χ2n) is 5.97. The highest BCUT2D eigenvalue weighted by Crippen LogP contribution is 2.45. The minimum Gasteiger partial charge on any atom is -0.493 e. The van der Waals surface area contributed by atoms with E-state index in [1.807, 2.05) is 6.92 Å². The summed E-state index contributed by atoms with van der Waals surface area (Å²) in [5.74, 6) is 1.03. The van der Waals surface area contributed by atoms with E-state index in [0.29, 0.717) is 11.5 Å². The Balaban J connectivity index is 1.88. The average molecular weight is 257 g/mol. The molecule has 1 aromatic carbocycles. The van der Waals surface area contributed by atoms with Crippen molar-refractivity contribution >= 4 is 6.08 Å². The van der Waals surface area contributed by atoms with Gasteiger partial charge in [-0.1, -0.05) is 24.3 Å². The smallest absolute Gasteiger partial charge is 0.126 e. The maximum atomic E-state index is 6.04. The molecule has 1 spiro atoms. The molecule has 0 bridgehead atoms. The van der Waals surface area contributed by atoms with Gasteiger partial charge in [0.05, 0.1) is 6.61 Å². The highest BCUT2D eigenvalue weighted by molar-refractivity contribution is 5.64. The van der Waals surface area contributed by atoms with E-state index in [1.54, 1.807) is 0 Å². The van der Waals surface area contributed by atoms with E-state index in [4.69, 9.17) is 10.5 Å². The zero-order valence-corrected chi connectivity index (χ0v) is 11.7. The fourth-order valence-electron chi connectivity index (χ4n) is 3.47. The molecule has 0 aromatic heterocycles. The van der Waals surface area contributed by atoms with Gasteiger partial charge in [0.25, 0.3) is 0 Å². The summed E-state index contributed by atoms with van der Waals surface area (Å²) in [5.41, 5.74) is 9.11. The third-order valence-corrected chi connectivity index (χ3v) is 4.63. The van der Waals surface area contributed by atoms with Crippen LogP contribution in [0.1, 0.15) is 43.7 Å². The molecule has 19 heavy (non-hydrogen) atoms. The Bertz CT molecular complexity index is 484. The molecule has 0 heterocycles. The van der Waals surface area contributed by atoms with Gasteiger partial charge in [0, 0.05) is 11.6 Å². The van der Waals surface area contributed by atoms with Crippen LogP contribution in [0.5, 0.6) is 5.75 Å². The molecule has 102 valence electrons. The standard InChI is InChI=1S/C17H23NO/c1-2-19-16-5-3-4-13-12-17(11-8-15(13)16)9-6-14(18)7-10-17/h3-5,8,11,14H,2,6-7,9-10,12,18H2,1H3. The van der Waals surface area contributed by atoms with Gasteiger partial charge in [-0.05, 0) is 56.1 Å². The Hall–Kier alpha value is -1.28. The van der Waals surface area contributed by atoms with Gasteiger partial charge in [0.15, 0.2) is 0 Å². The fraction of sp³-hybridized carbons (Fsp3) is 0.529. The molecule has 2 heteroatoms. The van der Waals surface area contributed by atoms with E-state index in [0.717, 1.165) is 31.6 Å². The molecule has 0 saturated heterocycles. The zero-order valence-electron chi connectivity index (χ0n) is 11.7. The van der Waals surface area contributed by atoms with Crippen LogP contribution in [0.15, 0.2) is 24.3 Å². The molecule has 2 aliphatic carbocycles. The number of hydrogen-bond donors (Lipinski definition) is 1. The Morgan fingerprint density at radius 2 is 2.11 bits per heavy atom. The van der Waals surface area contributed by atoms with E-state index >= 15 is 0 Å². The lowest BCUT2D eigenvalue weighted by atomic mass is 9.66. The van der Waals surface area contributed by atoms with E-state index in [2.05, 4.69) is 30.4 Å². The highest BCUT2D eigenvalue weighted by Gasteiger charge is 2.34. The van der Waals surface area contributed by atoms with Crippen LogP contribution in [0.3, 0.4) is 0 Å². The van der Waals surface area contributed by atoms with Crippen LogP contribution in [0.25, 0.3) is 6.08 Å². The first-order valence-electron chi connectivity index (χ1n) is 7.42. The summed E-state index contributed by atoms with van der Waals surface area (Å²) in [7, 11) is 0. The van der Waals surface area contributed by atoms with Gasteiger partial charge in [0.1, 0.15) is 5.75 Å². The number of hydrogen-bond acceptors (Lipinski definition) is 2. The second kappa shape index (κ2) is 5.01. The lowest BCUT2D eigenvalue weighted by Crippen LogP contribution is -2.35. The van der Waals surface area contributed by atoms with Gasteiger partial charge in [-0.25, -0.2) is 0 Å². The summed E-state index contributed by atoms with van der Waals surface area (Å²) in [5, 5.41) is 0. The summed E-state index contributed by atoms with van der Waals surface area (Å²) in [6.45, 7) is 2.76. The Labute approximate surface area is 115 Å². The van der Waals surface area contributed by atoms with Crippen molar-refractivity contribution < 1.29 is 4.74 Å². The van der Waals surface area contributed by atoms with Crippen molar-refractivity contribution in [2.75, 3.05) is 6.61 Å². The summed E-state index contributed by atoms with van der Waals surface area (Å²) in [4.78, 5) is 0. The molecular weight excluding hydrogens is 234 g/mol. The number of fused-ring (bicyclic) bond motifs is 1. The van der Waals surface area contributed by atoms with E-state index in [1.165, 1.54) is 24.0 Å². The number of rotatable bonds is 2. The van der Waals surface area contributed by atoms with Crippen molar-refractivity contribution in [2.45, 2.75) is 45.1 Å². The van der Waals surface area contributed by atoms with Crippen LogP contribution in [-0.4, -0.2) is 12.6 Å². The molecule has 1 fully saturated rings. The Kier molecular flexibility index (Phi) is 3.36. The van der Waals surface area contributed by atoms with Crippen molar-refractivity contribution in [3.8, 4) is 5.75 Å². The quantitative estimate of drug-likeness (QED) is 0.879. The number of ether oxygens (including phenoxy) is 1. The van der Waals surface area contributed by atoms with E-state index in [-0.39, 0.29) is 0 Å².